The van der Waals surface area contributed by atoms with Crippen LogP contribution in [0.2, 0.25) is 0 Å². The van der Waals surface area contributed by atoms with E-state index in [2.05, 4.69) is 11.2 Å². The summed E-state index contributed by atoms with van der Waals surface area (Å²) in [5.74, 6) is 0.608. The van der Waals surface area contributed by atoms with Crippen LogP contribution in [0.25, 0.3) is 6.08 Å². The monoisotopic (exact) mass is 263 g/mol. The number of thiophene rings is 1. The molecule has 0 aliphatic carbocycles. The van der Waals surface area contributed by atoms with Gasteiger partial charge in [0.2, 0.25) is 5.91 Å². The zero-order valence-electron chi connectivity index (χ0n) is 9.84. The van der Waals surface area contributed by atoms with E-state index in [1.165, 1.54) is 6.08 Å². The summed E-state index contributed by atoms with van der Waals surface area (Å²) in [4.78, 5) is 24.3. The Kier molecular flexibility index (Phi) is 5.15. The molecule has 1 amide bonds. The Morgan fingerprint density at radius 2 is 2.33 bits per heavy atom. The van der Waals surface area contributed by atoms with Crippen molar-refractivity contribution in [1.82, 2.24) is 5.32 Å². The number of nitrogens with one attached hydrogen (secondary N) is 1. The van der Waals surface area contributed by atoms with Gasteiger partial charge < -0.3 is 10.4 Å². The van der Waals surface area contributed by atoms with Crippen molar-refractivity contribution in [2.75, 3.05) is 0 Å². The van der Waals surface area contributed by atoms with Gasteiger partial charge in [0, 0.05) is 22.3 Å². The van der Waals surface area contributed by atoms with E-state index in [-0.39, 0.29) is 6.42 Å². The van der Waals surface area contributed by atoms with Gasteiger partial charge in [-0.2, -0.15) is 0 Å². The summed E-state index contributed by atoms with van der Waals surface area (Å²) < 4.78 is 0. The van der Waals surface area contributed by atoms with Crippen LogP contribution in [-0.4, -0.2) is 23.0 Å². The van der Waals surface area contributed by atoms with Gasteiger partial charge in [-0.25, -0.2) is 4.79 Å². The molecule has 0 saturated carbocycles. The fraction of sp³-hybridized carbons (Fsp3) is 0.231. The van der Waals surface area contributed by atoms with Crippen molar-refractivity contribution in [1.29, 1.82) is 0 Å². The predicted molar refractivity (Wildman–Crippen MR) is 71.1 cm³/mol. The number of hydrogen-bond donors (Lipinski definition) is 2. The molecule has 1 unspecified atom stereocenters. The van der Waals surface area contributed by atoms with Gasteiger partial charge in [-0.15, -0.1) is 23.7 Å². The lowest BCUT2D eigenvalue weighted by atomic mass is 10.2. The van der Waals surface area contributed by atoms with Gasteiger partial charge in [0.15, 0.2) is 0 Å². The van der Waals surface area contributed by atoms with Crippen LogP contribution < -0.4 is 5.32 Å². The average molecular weight is 263 g/mol. The van der Waals surface area contributed by atoms with Crippen molar-refractivity contribution >= 4 is 29.3 Å². The van der Waals surface area contributed by atoms with Crippen molar-refractivity contribution in [2.24, 2.45) is 0 Å². The molecule has 0 aliphatic rings. The minimum atomic E-state index is -1.14. The zero-order valence-corrected chi connectivity index (χ0v) is 10.7. The van der Waals surface area contributed by atoms with Gasteiger partial charge in [-0.3, -0.25) is 4.79 Å². The van der Waals surface area contributed by atoms with Gasteiger partial charge in [-0.05, 0) is 25.1 Å². The number of carbonyl (C=O) groups is 2. The standard InChI is InChI=1S/C13H13NO3S/c1-3-4-11(13(16)17)14-12(15)8-7-10-6-5-9(2)18-10/h1,5-8,11H,4H2,2H3,(H,14,15)(H,16,17)/b8-7+. The second-order valence-electron chi connectivity index (χ2n) is 3.59. The van der Waals surface area contributed by atoms with Crippen LogP contribution in [0.15, 0.2) is 18.2 Å². The number of hydrogen-bond acceptors (Lipinski definition) is 3. The molecule has 1 atom stereocenters. The van der Waals surface area contributed by atoms with Crippen LogP contribution in [-0.2, 0) is 9.59 Å². The van der Waals surface area contributed by atoms with E-state index in [0.717, 1.165) is 9.75 Å². The molecular weight excluding hydrogens is 250 g/mol. The molecule has 1 rings (SSSR count). The first kappa shape index (κ1) is 14.0. The molecule has 0 aliphatic heterocycles. The minimum absolute atomic E-state index is 0.0347. The summed E-state index contributed by atoms with van der Waals surface area (Å²) in [7, 11) is 0. The molecule has 0 bridgehead atoms. The average Bonchev–Trinajstić information content (AvgIpc) is 2.72. The third-order valence-corrected chi connectivity index (χ3v) is 3.06. The summed E-state index contributed by atoms with van der Waals surface area (Å²) in [5.41, 5.74) is 0. The highest BCUT2D eigenvalue weighted by molar-refractivity contribution is 7.12. The molecule has 0 fully saturated rings. The third kappa shape index (κ3) is 4.44. The van der Waals surface area contributed by atoms with Crippen LogP contribution in [0.4, 0.5) is 0 Å². The molecule has 2 N–H and O–H groups in total. The fourth-order valence-corrected chi connectivity index (χ4v) is 2.02. The molecule has 94 valence electrons. The van der Waals surface area contributed by atoms with Crippen LogP contribution in [0, 0.1) is 19.3 Å². The van der Waals surface area contributed by atoms with Gasteiger partial charge in [0.25, 0.3) is 0 Å². The van der Waals surface area contributed by atoms with E-state index in [1.54, 1.807) is 17.4 Å². The lowest BCUT2D eigenvalue weighted by molar-refractivity contribution is -0.141. The summed E-state index contributed by atoms with van der Waals surface area (Å²) >= 11 is 1.55. The van der Waals surface area contributed by atoms with Crippen molar-refractivity contribution in [3.63, 3.8) is 0 Å². The van der Waals surface area contributed by atoms with Crippen molar-refractivity contribution in [3.05, 3.63) is 28.0 Å². The van der Waals surface area contributed by atoms with Gasteiger partial charge in [0.1, 0.15) is 6.04 Å². The quantitative estimate of drug-likeness (QED) is 0.627. The Bertz CT molecular complexity index is 511. The number of aryl methyl sites for hydroxylation is 1. The third-order valence-electron chi connectivity index (χ3n) is 2.10. The second kappa shape index (κ2) is 6.62. The molecule has 4 nitrogen and oxygen atoms in total. The largest absolute Gasteiger partial charge is 0.480 e. The van der Waals surface area contributed by atoms with E-state index < -0.39 is 17.9 Å². The topological polar surface area (TPSA) is 66.4 Å². The normalized spacial score (nSPS) is 12.0. The molecule has 5 heteroatoms. The van der Waals surface area contributed by atoms with Crippen LogP contribution in [0.3, 0.4) is 0 Å². The van der Waals surface area contributed by atoms with Gasteiger partial charge in [0.05, 0.1) is 0 Å². The number of aliphatic carboxylic acids is 1. The Balaban J connectivity index is 2.58. The number of terminal acetylenes is 1. The SMILES string of the molecule is C#CCC(NC(=O)/C=C/c1ccc(C)s1)C(=O)O. The van der Waals surface area contributed by atoms with Crippen molar-refractivity contribution < 1.29 is 14.7 Å². The van der Waals surface area contributed by atoms with Crippen LogP contribution in [0.1, 0.15) is 16.2 Å². The Morgan fingerprint density at radius 3 is 2.83 bits per heavy atom. The van der Waals surface area contributed by atoms with Crippen LogP contribution >= 0.6 is 11.3 Å². The highest BCUT2D eigenvalue weighted by Gasteiger charge is 2.17. The molecule has 0 aromatic carbocycles. The molecule has 1 aromatic heterocycles. The maximum atomic E-state index is 11.5. The molecular formula is C13H13NO3S. The van der Waals surface area contributed by atoms with E-state index in [9.17, 15) is 9.59 Å². The lowest BCUT2D eigenvalue weighted by Gasteiger charge is -2.09. The van der Waals surface area contributed by atoms with Gasteiger partial charge >= 0.3 is 5.97 Å². The van der Waals surface area contributed by atoms with E-state index >= 15 is 0 Å². The molecule has 1 aromatic rings. The summed E-state index contributed by atoms with van der Waals surface area (Å²) in [6.07, 6.45) is 7.94. The zero-order chi connectivity index (χ0) is 13.5. The lowest BCUT2D eigenvalue weighted by Crippen LogP contribution is -2.39. The molecule has 1 heterocycles. The highest BCUT2D eigenvalue weighted by Crippen LogP contribution is 2.16. The smallest absolute Gasteiger partial charge is 0.327 e. The number of carbonyl (C=O) groups excluding carboxylic acids is 1. The first-order valence-corrected chi connectivity index (χ1v) is 6.06. The van der Waals surface area contributed by atoms with Crippen molar-refractivity contribution in [3.8, 4) is 12.3 Å². The molecule has 0 spiro atoms. The molecule has 0 radical (unpaired) electrons. The fourth-order valence-electron chi connectivity index (χ4n) is 1.24. The van der Waals surface area contributed by atoms with Crippen LogP contribution in [0.5, 0.6) is 0 Å². The minimum Gasteiger partial charge on any atom is -0.480 e. The second-order valence-corrected chi connectivity index (χ2v) is 4.91. The number of amides is 1. The van der Waals surface area contributed by atoms with E-state index in [1.807, 2.05) is 19.1 Å². The number of carboxylic acid groups (broad SMARTS) is 1. The predicted octanol–water partition coefficient (Wildman–Crippen LogP) is 1.66. The maximum absolute atomic E-state index is 11.5. The summed E-state index contributed by atoms with van der Waals surface area (Å²) in [6, 6.07) is 2.79. The first-order chi connectivity index (χ1) is 8.52. The number of carboxylic acids is 1. The molecule has 18 heavy (non-hydrogen) atoms. The number of rotatable bonds is 5. The van der Waals surface area contributed by atoms with E-state index in [0.29, 0.717) is 0 Å². The molecule has 0 saturated heterocycles. The van der Waals surface area contributed by atoms with Gasteiger partial charge in [-0.1, -0.05) is 0 Å². The highest BCUT2D eigenvalue weighted by atomic mass is 32.1. The van der Waals surface area contributed by atoms with Crippen molar-refractivity contribution in [2.45, 2.75) is 19.4 Å². The summed E-state index contributed by atoms with van der Waals surface area (Å²) in [5, 5.41) is 11.1. The maximum Gasteiger partial charge on any atom is 0.327 e. The first-order valence-electron chi connectivity index (χ1n) is 5.24. The Labute approximate surface area is 109 Å². The Morgan fingerprint density at radius 1 is 1.61 bits per heavy atom. The van der Waals surface area contributed by atoms with E-state index in [4.69, 9.17) is 11.5 Å². The Hall–Kier alpha value is -2.06. The summed E-state index contributed by atoms with van der Waals surface area (Å²) in [6.45, 7) is 1.97.